The molecule has 0 radical (unpaired) electrons. The summed E-state index contributed by atoms with van der Waals surface area (Å²) >= 11 is 0. The van der Waals surface area contributed by atoms with Gasteiger partial charge in [-0.05, 0) is 38.3 Å². The highest BCUT2D eigenvalue weighted by Crippen LogP contribution is 2.17. The molecule has 3 N–H and O–H groups in total. The molecule has 2 rings (SSSR count). The fraction of sp³-hybridized carbons (Fsp3) is 0.600. The smallest absolute Gasteiger partial charge is 0.254 e. The van der Waals surface area contributed by atoms with Crippen molar-refractivity contribution in [1.29, 1.82) is 0 Å². The quantitative estimate of drug-likeness (QED) is 0.614. The number of hydrogen-bond acceptors (Lipinski definition) is 5. The Hall–Kier alpha value is -1.66. The van der Waals surface area contributed by atoms with Crippen molar-refractivity contribution in [3.63, 3.8) is 0 Å². The molecule has 2 heterocycles. The fourth-order valence-electron chi connectivity index (χ4n) is 2.54. The summed E-state index contributed by atoms with van der Waals surface area (Å²) in [4.78, 5) is 18.8. The van der Waals surface area contributed by atoms with E-state index in [1.807, 2.05) is 24.8 Å². The topological polar surface area (TPSA) is 80.5 Å². The first-order valence-electron chi connectivity index (χ1n) is 7.56. The summed E-state index contributed by atoms with van der Waals surface area (Å²) in [5, 5.41) is 0. The molecule has 116 valence electrons. The van der Waals surface area contributed by atoms with E-state index in [0.29, 0.717) is 24.5 Å². The Morgan fingerprint density at radius 3 is 2.90 bits per heavy atom. The van der Waals surface area contributed by atoms with E-state index in [1.165, 1.54) is 0 Å². The standard InChI is InChI=1S/C15H24N4O2/c1-3-12-8-11(9-14(17-12)18-16)15(20)19(4-2)10-13-6-5-7-21-13/h8-9,13H,3-7,10,16H2,1-2H3,(H,17,18). The van der Waals surface area contributed by atoms with E-state index in [4.69, 9.17) is 10.6 Å². The van der Waals surface area contributed by atoms with Gasteiger partial charge in [0.25, 0.3) is 5.91 Å². The summed E-state index contributed by atoms with van der Waals surface area (Å²) in [7, 11) is 0. The van der Waals surface area contributed by atoms with Crippen molar-refractivity contribution in [3.05, 3.63) is 23.4 Å². The van der Waals surface area contributed by atoms with Crippen LogP contribution in [0.15, 0.2) is 12.1 Å². The number of hydrogen-bond donors (Lipinski definition) is 2. The lowest BCUT2D eigenvalue weighted by atomic mass is 10.1. The van der Waals surface area contributed by atoms with Crippen molar-refractivity contribution in [1.82, 2.24) is 9.88 Å². The monoisotopic (exact) mass is 292 g/mol. The molecule has 1 atom stereocenters. The van der Waals surface area contributed by atoms with E-state index < -0.39 is 0 Å². The number of nitrogens with one attached hydrogen (secondary N) is 1. The van der Waals surface area contributed by atoms with Crippen LogP contribution in [-0.4, -0.2) is 41.6 Å². The van der Waals surface area contributed by atoms with Crippen LogP contribution in [0.25, 0.3) is 0 Å². The maximum absolute atomic E-state index is 12.7. The zero-order valence-electron chi connectivity index (χ0n) is 12.8. The Morgan fingerprint density at radius 1 is 1.52 bits per heavy atom. The summed E-state index contributed by atoms with van der Waals surface area (Å²) in [5.74, 6) is 5.95. The van der Waals surface area contributed by atoms with Crippen molar-refractivity contribution < 1.29 is 9.53 Å². The highest BCUT2D eigenvalue weighted by molar-refractivity contribution is 5.95. The van der Waals surface area contributed by atoms with Gasteiger partial charge in [0, 0.05) is 31.0 Å². The molecule has 1 aromatic rings. The number of carbonyl (C=O) groups excluding carboxylic acids is 1. The van der Waals surface area contributed by atoms with Crippen LogP contribution >= 0.6 is 0 Å². The lowest BCUT2D eigenvalue weighted by Gasteiger charge is -2.24. The molecular formula is C15H24N4O2. The Kier molecular flexibility index (Phi) is 5.52. The third-order valence-corrected chi connectivity index (χ3v) is 3.75. The first-order valence-corrected chi connectivity index (χ1v) is 7.56. The number of nitrogens with two attached hydrogens (primary N) is 1. The number of likely N-dealkylation sites (N-methyl/N-ethyl adjacent to an activating group) is 1. The van der Waals surface area contributed by atoms with E-state index in [1.54, 1.807) is 6.07 Å². The minimum atomic E-state index is 0.00148. The van der Waals surface area contributed by atoms with Gasteiger partial charge >= 0.3 is 0 Å². The number of nitrogen functional groups attached to an aromatic ring is 1. The van der Waals surface area contributed by atoms with Gasteiger partial charge in [0.15, 0.2) is 0 Å². The van der Waals surface area contributed by atoms with Crippen LogP contribution in [0.4, 0.5) is 5.82 Å². The second-order valence-electron chi connectivity index (χ2n) is 5.21. The molecule has 0 aromatic carbocycles. The molecule has 0 aliphatic carbocycles. The third kappa shape index (κ3) is 3.92. The molecular weight excluding hydrogens is 268 g/mol. The SMILES string of the molecule is CCc1cc(C(=O)N(CC)CC2CCCO2)cc(NN)n1. The second kappa shape index (κ2) is 7.38. The molecule has 0 spiro atoms. The average molecular weight is 292 g/mol. The van der Waals surface area contributed by atoms with Crippen molar-refractivity contribution >= 4 is 11.7 Å². The van der Waals surface area contributed by atoms with Gasteiger partial charge in [0.1, 0.15) is 5.82 Å². The molecule has 0 saturated carbocycles. The van der Waals surface area contributed by atoms with Gasteiger partial charge in [-0.2, -0.15) is 0 Å². The molecule has 6 nitrogen and oxygen atoms in total. The summed E-state index contributed by atoms with van der Waals surface area (Å²) in [6.07, 6.45) is 3.02. The Bertz CT molecular complexity index is 464. The minimum absolute atomic E-state index is 0.00148. The van der Waals surface area contributed by atoms with Gasteiger partial charge in [-0.3, -0.25) is 4.79 Å². The molecule has 6 heteroatoms. The Labute approximate surface area is 125 Å². The van der Waals surface area contributed by atoms with Gasteiger partial charge < -0.3 is 15.1 Å². The maximum Gasteiger partial charge on any atom is 0.254 e. The highest BCUT2D eigenvalue weighted by atomic mass is 16.5. The van der Waals surface area contributed by atoms with Gasteiger partial charge in [-0.1, -0.05) is 6.92 Å². The number of anilines is 1. The second-order valence-corrected chi connectivity index (χ2v) is 5.21. The van der Waals surface area contributed by atoms with E-state index in [9.17, 15) is 4.79 Å². The Balaban J connectivity index is 2.15. The number of rotatable bonds is 6. The molecule has 1 aliphatic heterocycles. The van der Waals surface area contributed by atoms with E-state index in [2.05, 4.69) is 10.4 Å². The molecule has 1 saturated heterocycles. The minimum Gasteiger partial charge on any atom is -0.376 e. The number of amides is 1. The van der Waals surface area contributed by atoms with E-state index in [0.717, 1.165) is 31.6 Å². The van der Waals surface area contributed by atoms with Crippen LogP contribution in [0.3, 0.4) is 0 Å². The number of hydrazine groups is 1. The van der Waals surface area contributed by atoms with Crippen LogP contribution in [-0.2, 0) is 11.2 Å². The number of aryl methyl sites for hydroxylation is 1. The molecule has 1 aliphatic rings. The lowest BCUT2D eigenvalue weighted by molar-refractivity contribution is 0.0539. The van der Waals surface area contributed by atoms with E-state index >= 15 is 0 Å². The van der Waals surface area contributed by atoms with Crippen LogP contribution < -0.4 is 11.3 Å². The zero-order chi connectivity index (χ0) is 15.2. The maximum atomic E-state index is 12.7. The molecule has 1 fully saturated rings. The van der Waals surface area contributed by atoms with Gasteiger partial charge in [-0.25, -0.2) is 10.8 Å². The van der Waals surface area contributed by atoms with E-state index in [-0.39, 0.29) is 12.0 Å². The summed E-state index contributed by atoms with van der Waals surface area (Å²) in [6, 6.07) is 3.53. The van der Waals surface area contributed by atoms with Gasteiger partial charge in [0.2, 0.25) is 0 Å². The number of carbonyl (C=O) groups is 1. The predicted molar refractivity (Wildman–Crippen MR) is 82.0 cm³/mol. The van der Waals surface area contributed by atoms with Crippen LogP contribution in [0, 0.1) is 0 Å². The van der Waals surface area contributed by atoms with Crippen molar-refractivity contribution in [2.45, 2.75) is 39.2 Å². The normalized spacial score (nSPS) is 17.8. The first-order chi connectivity index (χ1) is 10.2. The van der Waals surface area contributed by atoms with Crippen molar-refractivity contribution in [2.75, 3.05) is 25.1 Å². The number of aromatic nitrogens is 1. The number of pyridine rings is 1. The summed E-state index contributed by atoms with van der Waals surface area (Å²) in [5.41, 5.74) is 3.99. The predicted octanol–water partition coefficient (Wildman–Crippen LogP) is 1.57. The van der Waals surface area contributed by atoms with Crippen molar-refractivity contribution in [2.24, 2.45) is 5.84 Å². The van der Waals surface area contributed by atoms with Crippen LogP contribution in [0.1, 0.15) is 42.7 Å². The molecule has 21 heavy (non-hydrogen) atoms. The summed E-state index contributed by atoms with van der Waals surface area (Å²) < 4.78 is 5.62. The van der Waals surface area contributed by atoms with Gasteiger partial charge in [0.05, 0.1) is 6.10 Å². The van der Waals surface area contributed by atoms with Crippen molar-refractivity contribution in [3.8, 4) is 0 Å². The fourth-order valence-corrected chi connectivity index (χ4v) is 2.54. The molecule has 0 bridgehead atoms. The Morgan fingerprint density at radius 2 is 2.33 bits per heavy atom. The zero-order valence-corrected chi connectivity index (χ0v) is 12.8. The summed E-state index contributed by atoms with van der Waals surface area (Å²) in [6.45, 7) is 6.09. The third-order valence-electron chi connectivity index (χ3n) is 3.75. The lowest BCUT2D eigenvalue weighted by Crippen LogP contribution is -2.37. The highest BCUT2D eigenvalue weighted by Gasteiger charge is 2.23. The molecule has 1 amide bonds. The molecule has 1 unspecified atom stereocenters. The number of ether oxygens (including phenoxy) is 1. The van der Waals surface area contributed by atoms with Crippen LogP contribution in [0.5, 0.6) is 0 Å². The first kappa shape index (κ1) is 15.7. The molecule has 1 aromatic heterocycles. The average Bonchev–Trinajstić information content (AvgIpc) is 3.04. The van der Waals surface area contributed by atoms with Gasteiger partial charge in [-0.15, -0.1) is 0 Å². The van der Waals surface area contributed by atoms with Crippen LogP contribution in [0.2, 0.25) is 0 Å². The number of nitrogens with zero attached hydrogens (tertiary/aromatic N) is 2. The largest absolute Gasteiger partial charge is 0.376 e.